The number of carbonyl (C=O) groups is 1. The Balaban J connectivity index is 1.23. The van der Waals surface area contributed by atoms with E-state index in [2.05, 4.69) is 25.8 Å². The maximum Gasteiger partial charge on any atom is 0.259 e. The molecule has 2 N–H and O–H groups in total. The van der Waals surface area contributed by atoms with Crippen LogP contribution in [0.25, 0.3) is 0 Å². The molecule has 0 saturated carbocycles. The predicted octanol–water partition coefficient (Wildman–Crippen LogP) is 3.57. The van der Waals surface area contributed by atoms with Gasteiger partial charge in [-0.1, -0.05) is 11.3 Å². The Bertz CT molecular complexity index is 868. The summed E-state index contributed by atoms with van der Waals surface area (Å²) in [5.74, 6) is 0.527. The van der Waals surface area contributed by atoms with Crippen molar-refractivity contribution in [3.8, 4) is 0 Å². The van der Waals surface area contributed by atoms with Crippen LogP contribution in [0.3, 0.4) is 0 Å². The number of nitrogens with zero attached hydrogens (tertiary/aromatic N) is 4. The zero-order chi connectivity index (χ0) is 18.5. The molecule has 0 unspecified atom stereocenters. The number of rotatable bonds is 7. The normalized spacial score (nSPS) is 13.2. The molecule has 3 aromatic rings. The molecule has 0 spiro atoms. The SMILES string of the molecule is O=C(Nc1nncs1)c1ccc(NCCCc2nc3c(s2)CCCC3)nc1. The maximum atomic E-state index is 12.1. The highest BCUT2D eigenvalue weighted by atomic mass is 32.1. The summed E-state index contributed by atoms with van der Waals surface area (Å²) in [5, 5.41) is 15.2. The van der Waals surface area contributed by atoms with E-state index >= 15 is 0 Å². The lowest BCUT2D eigenvalue weighted by molar-refractivity contribution is 0.102. The van der Waals surface area contributed by atoms with Crippen molar-refractivity contribution in [2.24, 2.45) is 0 Å². The Hall–Kier alpha value is -2.39. The van der Waals surface area contributed by atoms with Gasteiger partial charge < -0.3 is 5.32 Å². The van der Waals surface area contributed by atoms with Crippen molar-refractivity contribution < 1.29 is 4.79 Å². The lowest BCUT2D eigenvalue weighted by Crippen LogP contribution is -2.12. The number of nitrogens with one attached hydrogen (secondary N) is 2. The number of aryl methyl sites for hydroxylation is 3. The molecule has 0 aliphatic heterocycles. The zero-order valence-electron chi connectivity index (χ0n) is 14.8. The van der Waals surface area contributed by atoms with Crippen LogP contribution in [0.4, 0.5) is 10.9 Å². The minimum atomic E-state index is -0.237. The summed E-state index contributed by atoms with van der Waals surface area (Å²) in [4.78, 5) is 22.7. The zero-order valence-corrected chi connectivity index (χ0v) is 16.4. The summed E-state index contributed by atoms with van der Waals surface area (Å²) in [7, 11) is 0. The highest BCUT2D eigenvalue weighted by molar-refractivity contribution is 7.13. The van der Waals surface area contributed by atoms with E-state index in [0.717, 1.165) is 31.6 Å². The third-order valence-electron chi connectivity index (χ3n) is 4.37. The van der Waals surface area contributed by atoms with Crippen LogP contribution < -0.4 is 10.6 Å². The van der Waals surface area contributed by atoms with Crippen molar-refractivity contribution in [2.75, 3.05) is 17.2 Å². The Morgan fingerprint density at radius 3 is 2.93 bits per heavy atom. The number of hydrogen-bond acceptors (Lipinski definition) is 8. The molecule has 27 heavy (non-hydrogen) atoms. The lowest BCUT2D eigenvalue weighted by Gasteiger charge is -2.06. The molecule has 3 heterocycles. The van der Waals surface area contributed by atoms with Gasteiger partial charge in [0.1, 0.15) is 11.3 Å². The van der Waals surface area contributed by atoms with E-state index in [1.54, 1.807) is 17.8 Å². The Morgan fingerprint density at radius 1 is 1.22 bits per heavy atom. The van der Waals surface area contributed by atoms with E-state index in [1.807, 2.05) is 17.4 Å². The Kier molecular flexibility index (Phi) is 5.69. The number of pyridine rings is 1. The summed E-state index contributed by atoms with van der Waals surface area (Å²) in [6, 6.07) is 3.57. The quantitative estimate of drug-likeness (QED) is 0.589. The van der Waals surface area contributed by atoms with Gasteiger partial charge in [0.15, 0.2) is 0 Å². The van der Waals surface area contributed by atoms with Crippen LogP contribution in [0.2, 0.25) is 0 Å². The van der Waals surface area contributed by atoms with Gasteiger partial charge in [0.05, 0.1) is 16.3 Å². The van der Waals surface area contributed by atoms with Crippen LogP contribution >= 0.6 is 22.7 Å². The molecule has 0 fully saturated rings. The second kappa shape index (κ2) is 8.53. The van der Waals surface area contributed by atoms with E-state index < -0.39 is 0 Å². The summed E-state index contributed by atoms with van der Waals surface area (Å²) < 4.78 is 0. The average Bonchev–Trinajstić information content (AvgIpc) is 3.34. The fraction of sp³-hybridized carbons (Fsp3) is 0.389. The average molecular weight is 401 g/mol. The molecule has 1 aliphatic rings. The molecule has 0 radical (unpaired) electrons. The molecule has 7 nitrogen and oxygen atoms in total. The largest absolute Gasteiger partial charge is 0.370 e. The fourth-order valence-corrected chi connectivity index (χ4v) is 4.64. The minimum absolute atomic E-state index is 0.237. The van der Waals surface area contributed by atoms with Gasteiger partial charge in [-0.05, 0) is 44.2 Å². The summed E-state index contributed by atoms with van der Waals surface area (Å²) in [6.07, 6.45) is 8.49. The van der Waals surface area contributed by atoms with Crippen molar-refractivity contribution in [2.45, 2.75) is 38.5 Å². The first-order chi connectivity index (χ1) is 13.3. The van der Waals surface area contributed by atoms with E-state index in [1.165, 1.54) is 46.2 Å². The molecule has 3 aromatic heterocycles. The van der Waals surface area contributed by atoms with Crippen molar-refractivity contribution in [1.82, 2.24) is 20.2 Å². The Labute approximate surface area is 165 Å². The highest BCUT2D eigenvalue weighted by Gasteiger charge is 2.14. The van der Waals surface area contributed by atoms with Crippen LogP contribution in [0, 0.1) is 0 Å². The molecule has 140 valence electrons. The number of amides is 1. The molecule has 0 aromatic carbocycles. The summed E-state index contributed by atoms with van der Waals surface area (Å²) in [5.41, 5.74) is 3.39. The lowest BCUT2D eigenvalue weighted by atomic mass is 10.0. The standard InChI is InChI=1S/C18H20N6OS2/c25-17(23-18-24-21-11-26-18)12-7-8-15(20-10-12)19-9-3-6-16-22-13-4-1-2-5-14(13)27-16/h7-8,10-11H,1-6,9H2,(H,19,20)(H,23,24,25). The number of aromatic nitrogens is 4. The second-order valence-electron chi connectivity index (χ2n) is 6.35. The summed E-state index contributed by atoms with van der Waals surface area (Å²) >= 11 is 3.16. The third-order valence-corrected chi connectivity index (χ3v) is 6.19. The number of carbonyl (C=O) groups excluding carboxylic acids is 1. The Morgan fingerprint density at radius 2 is 2.15 bits per heavy atom. The topological polar surface area (TPSA) is 92.7 Å². The highest BCUT2D eigenvalue weighted by Crippen LogP contribution is 2.27. The summed E-state index contributed by atoms with van der Waals surface area (Å²) in [6.45, 7) is 0.827. The molecule has 0 bridgehead atoms. The number of fused-ring (bicyclic) bond motifs is 1. The molecule has 0 saturated heterocycles. The van der Waals surface area contributed by atoms with Crippen molar-refractivity contribution >= 4 is 39.5 Å². The first-order valence-corrected chi connectivity index (χ1v) is 10.7. The first kappa shape index (κ1) is 18.0. The van der Waals surface area contributed by atoms with Crippen LogP contribution in [0.15, 0.2) is 23.8 Å². The van der Waals surface area contributed by atoms with E-state index in [9.17, 15) is 4.79 Å². The van der Waals surface area contributed by atoms with Gasteiger partial charge in [-0.15, -0.1) is 21.5 Å². The van der Waals surface area contributed by atoms with Gasteiger partial charge in [0.2, 0.25) is 5.13 Å². The van der Waals surface area contributed by atoms with E-state index in [0.29, 0.717) is 10.7 Å². The number of anilines is 2. The monoisotopic (exact) mass is 400 g/mol. The molecular formula is C18H20N6OS2. The second-order valence-corrected chi connectivity index (χ2v) is 8.35. The van der Waals surface area contributed by atoms with E-state index in [4.69, 9.17) is 4.98 Å². The molecule has 0 atom stereocenters. The van der Waals surface area contributed by atoms with Crippen molar-refractivity contribution in [1.29, 1.82) is 0 Å². The van der Waals surface area contributed by atoms with Gasteiger partial charge in [0.25, 0.3) is 5.91 Å². The van der Waals surface area contributed by atoms with Gasteiger partial charge in [-0.2, -0.15) is 0 Å². The van der Waals surface area contributed by atoms with Gasteiger partial charge in [-0.3, -0.25) is 10.1 Å². The fourth-order valence-electron chi connectivity index (χ4n) is 3.00. The predicted molar refractivity (Wildman–Crippen MR) is 108 cm³/mol. The van der Waals surface area contributed by atoms with E-state index in [-0.39, 0.29) is 5.91 Å². The van der Waals surface area contributed by atoms with Crippen molar-refractivity contribution in [3.63, 3.8) is 0 Å². The first-order valence-electron chi connectivity index (χ1n) is 9.03. The molecule has 4 rings (SSSR count). The molecule has 9 heteroatoms. The molecular weight excluding hydrogens is 380 g/mol. The van der Waals surface area contributed by atoms with Gasteiger partial charge in [-0.25, -0.2) is 9.97 Å². The molecule has 1 amide bonds. The van der Waals surface area contributed by atoms with Crippen LogP contribution in [0.5, 0.6) is 0 Å². The van der Waals surface area contributed by atoms with Gasteiger partial charge in [0, 0.05) is 24.0 Å². The smallest absolute Gasteiger partial charge is 0.259 e. The van der Waals surface area contributed by atoms with Crippen molar-refractivity contribution in [3.05, 3.63) is 45.0 Å². The maximum absolute atomic E-state index is 12.1. The van der Waals surface area contributed by atoms with Crippen LogP contribution in [-0.2, 0) is 19.3 Å². The number of hydrogen-bond donors (Lipinski definition) is 2. The minimum Gasteiger partial charge on any atom is -0.370 e. The van der Waals surface area contributed by atoms with Gasteiger partial charge >= 0.3 is 0 Å². The van der Waals surface area contributed by atoms with Crippen LogP contribution in [-0.4, -0.2) is 32.6 Å². The third kappa shape index (κ3) is 4.67. The van der Waals surface area contributed by atoms with Crippen LogP contribution in [0.1, 0.15) is 45.2 Å². The number of thiazole rings is 1. The molecule has 1 aliphatic carbocycles.